The molecule has 2 atom stereocenters. The van der Waals surface area contributed by atoms with Crippen LogP contribution in [0, 0.1) is 6.92 Å². The Morgan fingerprint density at radius 2 is 1.74 bits per heavy atom. The van der Waals surface area contributed by atoms with Crippen molar-refractivity contribution in [2.45, 2.75) is 71.7 Å². The predicted octanol–water partition coefficient (Wildman–Crippen LogP) is 3.07. The number of alkyl carbamates (subject to hydrolysis) is 1. The molecular formula is C28H38N4O6. The van der Waals surface area contributed by atoms with Gasteiger partial charge in [-0.25, -0.2) is 4.79 Å². The number of phenols is 1. The summed E-state index contributed by atoms with van der Waals surface area (Å²) in [5.41, 5.74) is 6.41. The largest absolute Gasteiger partial charge is 0.508 e. The Kier molecular flexibility index (Phi) is 10.7. The molecule has 2 unspecified atom stereocenters. The maximum atomic E-state index is 13.8. The fraction of sp³-hybridized carbons (Fsp3) is 0.429. The molecule has 0 aliphatic carbocycles. The first-order valence-corrected chi connectivity index (χ1v) is 12.5. The normalized spacial score (nSPS) is 12.7. The number of hydrogen-bond donors (Lipinski definition) is 4. The molecule has 10 heteroatoms. The van der Waals surface area contributed by atoms with Gasteiger partial charge in [-0.05, 0) is 62.9 Å². The summed E-state index contributed by atoms with van der Waals surface area (Å²) in [4.78, 5) is 53.1. The number of amides is 4. The summed E-state index contributed by atoms with van der Waals surface area (Å²) < 4.78 is 5.27. The van der Waals surface area contributed by atoms with Crippen molar-refractivity contribution in [2.75, 3.05) is 6.54 Å². The highest BCUT2D eigenvalue weighted by molar-refractivity contribution is 5.94. The zero-order chi connectivity index (χ0) is 28.5. The number of primary amides is 1. The first-order valence-electron chi connectivity index (χ1n) is 12.5. The average molecular weight is 527 g/mol. The predicted molar refractivity (Wildman–Crippen MR) is 143 cm³/mol. The highest BCUT2D eigenvalue weighted by atomic mass is 16.6. The van der Waals surface area contributed by atoms with Crippen LogP contribution in [0.2, 0.25) is 0 Å². The maximum Gasteiger partial charge on any atom is 0.408 e. The third-order valence-electron chi connectivity index (χ3n) is 5.55. The average Bonchev–Trinajstić information content (AvgIpc) is 2.83. The number of nitrogens with two attached hydrogens (primary N) is 1. The van der Waals surface area contributed by atoms with E-state index in [1.54, 1.807) is 39.8 Å². The van der Waals surface area contributed by atoms with E-state index in [0.717, 1.165) is 5.56 Å². The minimum atomic E-state index is -1.35. The quantitative estimate of drug-likeness (QED) is 0.353. The second-order valence-corrected chi connectivity index (χ2v) is 10.1. The minimum absolute atomic E-state index is 0.0451. The van der Waals surface area contributed by atoms with Crippen LogP contribution < -0.4 is 16.4 Å². The molecule has 0 bridgehead atoms. The van der Waals surface area contributed by atoms with Gasteiger partial charge < -0.3 is 31.1 Å². The Morgan fingerprint density at radius 1 is 1.08 bits per heavy atom. The SMILES string of the molecule is CCCN(C(=O)C(CC(N)=O)NC(=O)OC(C)(C)C)C(C(=O)NCc1ccccc1)c1ccc(O)c(C)c1. The molecular weight excluding hydrogens is 488 g/mol. The number of nitrogens with zero attached hydrogens (tertiary/aromatic N) is 1. The molecule has 0 aromatic heterocycles. The number of benzene rings is 2. The smallest absolute Gasteiger partial charge is 0.408 e. The van der Waals surface area contributed by atoms with Crippen molar-refractivity contribution in [2.24, 2.45) is 5.73 Å². The molecule has 2 aromatic carbocycles. The molecule has 0 saturated heterocycles. The Balaban J connectivity index is 2.47. The van der Waals surface area contributed by atoms with Gasteiger partial charge in [0.15, 0.2) is 0 Å². The monoisotopic (exact) mass is 526 g/mol. The summed E-state index contributed by atoms with van der Waals surface area (Å²) in [7, 11) is 0. The fourth-order valence-electron chi connectivity index (χ4n) is 3.86. The van der Waals surface area contributed by atoms with E-state index >= 15 is 0 Å². The first-order chi connectivity index (χ1) is 17.8. The summed E-state index contributed by atoms with van der Waals surface area (Å²) in [6.45, 7) is 8.90. The summed E-state index contributed by atoms with van der Waals surface area (Å²) in [6.07, 6.45) is -0.884. The van der Waals surface area contributed by atoms with Crippen molar-refractivity contribution >= 4 is 23.8 Å². The lowest BCUT2D eigenvalue weighted by Gasteiger charge is -2.34. The van der Waals surface area contributed by atoms with Crippen molar-refractivity contribution in [1.82, 2.24) is 15.5 Å². The second kappa shape index (κ2) is 13.5. The minimum Gasteiger partial charge on any atom is -0.508 e. The lowest BCUT2D eigenvalue weighted by atomic mass is 9.99. The molecule has 38 heavy (non-hydrogen) atoms. The number of hydrogen-bond acceptors (Lipinski definition) is 6. The Labute approximate surface area is 223 Å². The van der Waals surface area contributed by atoms with Crippen LogP contribution in [0.25, 0.3) is 0 Å². The molecule has 0 radical (unpaired) electrons. The van der Waals surface area contributed by atoms with E-state index in [2.05, 4.69) is 10.6 Å². The molecule has 0 heterocycles. The van der Waals surface area contributed by atoms with Gasteiger partial charge in [-0.15, -0.1) is 0 Å². The third-order valence-corrected chi connectivity index (χ3v) is 5.55. The fourth-order valence-corrected chi connectivity index (χ4v) is 3.86. The van der Waals surface area contributed by atoms with Crippen molar-refractivity contribution in [3.63, 3.8) is 0 Å². The molecule has 4 amide bonds. The number of nitrogens with one attached hydrogen (secondary N) is 2. The van der Waals surface area contributed by atoms with Gasteiger partial charge in [0.2, 0.25) is 17.7 Å². The van der Waals surface area contributed by atoms with Crippen LogP contribution in [-0.2, 0) is 25.7 Å². The lowest BCUT2D eigenvalue weighted by Crippen LogP contribution is -2.54. The number of carbonyl (C=O) groups is 4. The highest BCUT2D eigenvalue weighted by Crippen LogP contribution is 2.27. The molecule has 5 N–H and O–H groups in total. The van der Waals surface area contributed by atoms with Gasteiger partial charge in [0, 0.05) is 13.1 Å². The standard InChI is InChI=1S/C28H38N4O6/c1-6-14-32(26(36)21(16-23(29)34)31-27(37)38-28(3,4)5)24(20-12-13-22(33)18(2)15-20)25(35)30-17-19-10-8-7-9-11-19/h7-13,15,21,24,33H,6,14,16-17H2,1-5H3,(H2,29,34)(H,30,35)(H,31,37). The second-order valence-electron chi connectivity index (χ2n) is 10.1. The van der Waals surface area contributed by atoms with Crippen LogP contribution in [-0.4, -0.2) is 52.0 Å². The van der Waals surface area contributed by atoms with E-state index in [0.29, 0.717) is 17.5 Å². The number of rotatable bonds is 11. The number of aryl methyl sites for hydroxylation is 1. The van der Waals surface area contributed by atoms with E-state index in [1.165, 1.54) is 11.0 Å². The number of phenolic OH excluding ortho intramolecular Hbond substituents is 1. The van der Waals surface area contributed by atoms with Gasteiger partial charge in [-0.2, -0.15) is 0 Å². The van der Waals surface area contributed by atoms with E-state index < -0.39 is 47.9 Å². The molecule has 10 nitrogen and oxygen atoms in total. The Hall–Kier alpha value is -4.08. The van der Waals surface area contributed by atoms with Crippen molar-refractivity contribution in [3.8, 4) is 5.75 Å². The zero-order valence-electron chi connectivity index (χ0n) is 22.6. The zero-order valence-corrected chi connectivity index (χ0v) is 22.6. The number of carbonyl (C=O) groups excluding carboxylic acids is 4. The van der Waals surface area contributed by atoms with Gasteiger partial charge in [-0.3, -0.25) is 14.4 Å². The Bertz CT molecular complexity index is 1130. The first kappa shape index (κ1) is 30.1. The van der Waals surface area contributed by atoms with Crippen LogP contribution >= 0.6 is 0 Å². The van der Waals surface area contributed by atoms with Gasteiger partial charge in [0.1, 0.15) is 23.4 Å². The molecule has 0 spiro atoms. The van der Waals surface area contributed by atoms with Gasteiger partial charge in [0.05, 0.1) is 6.42 Å². The molecule has 2 aromatic rings. The molecule has 0 aliphatic rings. The highest BCUT2D eigenvalue weighted by Gasteiger charge is 2.36. The van der Waals surface area contributed by atoms with Crippen molar-refractivity contribution < 1.29 is 29.0 Å². The summed E-state index contributed by atoms with van der Waals surface area (Å²) in [5, 5.41) is 15.4. The third kappa shape index (κ3) is 9.10. The van der Waals surface area contributed by atoms with Crippen LogP contribution in [0.15, 0.2) is 48.5 Å². The molecule has 0 fully saturated rings. The van der Waals surface area contributed by atoms with E-state index in [4.69, 9.17) is 10.5 Å². The van der Waals surface area contributed by atoms with Crippen LogP contribution in [0.1, 0.15) is 63.3 Å². The van der Waals surface area contributed by atoms with Crippen molar-refractivity contribution in [3.05, 3.63) is 65.2 Å². The van der Waals surface area contributed by atoms with E-state index in [1.807, 2.05) is 37.3 Å². The number of ether oxygens (including phenoxy) is 1. The van der Waals surface area contributed by atoms with Gasteiger partial charge >= 0.3 is 6.09 Å². The molecule has 206 valence electrons. The van der Waals surface area contributed by atoms with Crippen molar-refractivity contribution in [1.29, 1.82) is 0 Å². The topological polar surface area (TPSA) is 151 Å². The Morgan fingerprint density at radius 3 is 2.29 bits per heavy atom. The molecule has 0 aliphatic heterocycles. The van der Waals surface area contributed by atoms with E-state index in [9.17, 15) is 24.3 Å². The molecule has 2 rings (SSSR count). The van der Waals surface area contributed by atoms with Gasteiger partial charge in [0.25, 0.3) is 0 Å². The summed E-state index contributed by atoms with van der Waals surface area (Å²) in [6, 6.07) is 11.5. The molecule has 0 saturated carbocycles. The van der Waals surface area contributed by atoms with E-state index in [-0.39, 0.29) is 18.8 Å². The number of aromatic hydroxyl groups is 1. The summed E-state index contributed by atoms with van der Waals surface area (Å²) in [5.74, 6) is -1.89. The maximum absolute atomic E-state index is 13.8. The lowest BCUT2D eigenvalue weighted by molar-refractivity contribution is -0.143. The van der Waals surface area contributed by atoms with Crippen LogP contribution in [0.5, 0.6) is 5.75 Å². The van der Waals surface area contributed by atoms with Gasteiger partial charge in [-0.1, -0.05) is 43.3 Å². The van der Waals surface area contributed by atoms with Crippen LogP contribution in [0.3, 0.4) is 0 Å². The summed E-state index contributed by atoms with van der Waals surface area (Å²) >= 11 is 0. The van der Waals surface area contributed by atoms with Crippen LogP contribution in [0.4, 0.5) is 4.79 Å².